The van der Waals surface area contributed by atoms with Gasteiger partial charge in [-0.05, 0) is 35.9 Å². The minimum Gasteiger partial charge on any atom is -0.343 e. The second-order valence-electron chi connectivity index (χ2n) is 7.63. The van der Waals surface area contributed by atoms with Crippen LogP contribution in [0.2, 0.25) is 5.02 Å². The molecule has 5 rings (SSSR count). The van der Waals surface area contributed by atoms with Crippen molar-refractivity contribution in [3.8, 4) is 0 Å². The number of halogens is 2. The first-order chi connectivity index (χ1) is 15.2. The molecule has 3 aromatic carbocycles. The fourth-order valence-electron chi connectivity index (χ4n) is 4.00. The molecule has 0 atom stereocenters. The zero-order valence-electron chi connectivity index (χ0n) is 16.9. The lowest BCUT2D eigenvalue weighted by Crippen LogP contribution is -2.17. The van der Waals surface area contributed by atoms with Crippen molar-refractivity contribution in [2.75, 3.05) is 6.54 Å². The molecule has 31 heavy (non-hydrogen) atoms. The molecular weight excluding hydrogens is 411 g/mol. The first kappa shape index (κ1) is 19.8. The molecule has 0 bridgehead atoms. The van der Waals surface area contributed by atoms with Crippen LogP contribution in [0, 0.1) is 5.82 Å². The third kappa shape index (κ3) is 4.07. The van der Waals surface area contributed by atoms with Gasteiger partial charge in [-0.25, -0.2) is 9.37 Å². The number of aromatic amines is 1. The number of rotatable bonds is 7. The molecule has 6 heteroatoms. The molecule has 0 spiro atoms. The van der Waals surface area contributed by atoms with Gasteiger partial charge in [-0.1, -0.05) is 48.0 Å². The fraction of sp³-hybridized carbons (Fsp3) is 0.160. The smallest absolute Gasteiger partial charge is 0.129 e. The molecule has 0 unspecified atom stereocenters. The standard InChI is InChI=1S/C25H22ClFN4/c26-20-7-5-8-21(27)19(20)16-31-15-17(18-6-1-4-11-24(18)31)14-28-13-12-25-29-22-9-2-3-10-23(22)30-25/h1-11,15,28H,12-14,16H2,(H,29,30). The molecule has 4 nitrogen and oxygen atoms in total. The van der Waals surface area contributed by atoms with Crippen LogP contribution in [0.5, 0.6) is 0 Å². The molecule has 0 aliphatic carbocycles. The molecule has 2 aromatic heterocycles. The highest BCUT2D eigenvalue weighted by molar-refractivity contribution is 6.31. The second kappa shape index (κ2) is 8.53. The summed E-state index contributed by atoms with van der Waals surface area (Å²) in [6.45, 7) is 1.92. The quantitative estimate of drug-likeness (QED) is 0.324. The number of H-pyrrole nitrogens is 1. The third-order valence-electron chi connectivity index (χ3n) is 5.55. The van der Waals surface area contributed by atoms with E-state index in [9.17, 15) is 4.39 Å². The normalized spacial score (nSPS) is 11.5. The van der Waals surface area contributed by atoms with E-state index in [2.05, 4.69) is 38.2 Å². The van der Waals surface area contributed by atoms with Gasteiger partial charge in [0.05, 0.1) is 17.6 Å². The Balaban J connectivity index is 1.31. The van der Waals surface area contributed by atoms with Gasteiger partial charge in [0, 0.05) is 47.2 Å². The summed E-state index contributed by atoms with van der Waals surface area (Å²) >= 11 is 6.25. The van der Waals surface area contributed by atoms with Crippen LogP contribution in [0.3, 0.4) is 0 Å². The number of para-hydroxylation sites is 3. The second-order valence-corrected chi connectivity index (χ2v) is 8.03. The highest BCUT2D eigenvalue weighted by atomic mass is 35.5. The van der Waals surface area contributed by atoms with Gasteiger partial charge in [0.1, 0.15) is 11.6 Å². The Morgan fingerprint density at radius 1 is 1.00 bits per heavy atom. The first-order valence-electron chi connectivity index (χ1n) is 10.3. The minimum absolute atomic E-state index is 0.282. The largest absolute Gasteiger partial charge is 0.343 e. The first-order valence-corrected chi connectivity index (χ1v) is 10.7. The molecule has 0 fully saturated rings. The van der Waals surface area contributed by atoms with Crippen LogP contribution >= 0.6 is 11.6 Å². The van der Waals surface area contributed by atoms with Gasteiger partial charge in [-0.2, -0.15) is 0 Å². The van der Waals surface area contributed by atoms with Gasteiger partial charge in [-0.15, -0.1) is 0 Å². The predicted molar refractivity (Wildman–Crippen MR) is 124 cm³/mol. The highest BCUT2D eigenvalue weighted by Gasteiger charge is 2.12. The molecule has 156 valence electrons. The maximum atomic E-state index is 14.3. The summed E-state index contributed by atoms with van der Waals surface area (Å²) in [5.41, 5.74) is 4.80. The third-order valence-corrected chi connectivity index (χ3v) is 5.91. The molecule has 5 aromatic rings. The summed E-state index contributed by atoms with van der Waals surface area (Å²) in [5.74, 6) is 0.695. The van der Waals surface area contributed by atoms with Gasteiger partial charge in [0.25, 0.3) is 0 Å². The monoisotopic (exact) mass is 432 g/mol. The average Bonchev–Trinajstić information content (AvgIpc) is 3.35. The summed E-state index contributed by atoms with van der Waals surface area (Å²) in [4.78, 5) is 7.99. The Bertz CT molecular complexity index is 1300. The van der Waals surface area contributed by atoms with Crippen LogP contribution in [-0.2, 0) is 19.5 Å². The van der Waals surface area contributed by atoms with E-state index in [0.717, 1.165) is 47.3 Å². The SMILES string of the molecule is Fc1cccc(Cl)c1Cn1cc(CNCCc2nc3ccccc3[nH]2)c2ccccc21. The van der Waals surface area contributed by atoms with E-state index in [4.69, 9.17) is 11.6 Å². The maximum Gasteiger partial charge on any atom is 0.129 e. The maximum absolute atomic E-state index is 14.3. The van der Waals surface area contributed by atoms with Gasteiger partial charge in [-0.3, -0.25) is 0 Å². The number of fused-ring (bicyclic) bond motifs is 2. The number of aromatic nitrogens is 3. The number of hydrogen-bond acceptors (Lipinski definition) is 2. The van der Waals surface area contributed by atoms with Crippen molar-refractivity contribution in [1.82, 2.24) is 19.9 Å². The van der Waals surface area contributed by atoms with E-state index in [1.54, 1.807) is 12.1 Å². The zero-order chi connectivity index (χ0) is 21.2. The molecule has 0 saturated heterocycles. The van der Waals surface area contributed by atoms with Crippen molar-refractivity contribution < 1.29 is 4.39 Å². The summed E-state index contributed by atoms with van der Waals surface area (Å²) in [7, 11) is 0. The summed E-state index contributed by atoms with van der Waals surface area (Å²) in [6, 6.07) is 21.1. The Hall–Kier alpha value is -3.15. The lowest BCUT2D eigenvalue weighted by molar-refractivity contribution is 0.601. The fourth-order valence-corrected chi connectivity index (χ4v) is 4.22. The van der Waals surface area contributed by atoms with Crippen LogP contribution in [0.1, 0.15) is 17.0 Å². The molecule has 2 heterocycles. The molecule has 2 N–H and O–H groups in total. The van der Waals surface area contributed by atoms with Crippen LogP contribution in [0.15, 0.2) is 72.9 Å². The molecule has 0 aliphatic heterocycles. The molecule has 0 aliphatic rings. The molecule has 0 saturated carbocycles. The predicted octanol–water partition coefficient (Wildman–Crippen LogP) is 5.69. The molecular formula is C25H22ClFN4. The number of hydrogen-bond donors (Lipinski definition) is 2. The van der Waals surface area contributed by atoms with Crippen molar-refractivity contribution >= 4 is 33.5 Å². The van der Waals surface area contributed by atoms with E-state index in [-0.39, 0.29) is 5.82 Å². The Morgan fingerprint density at radius 2 is 1.84 bits per heavy atom. The summed E-state index contributed by atoms with van der Waals surface area (Å²) in [6.07, 6.45) is 2.90. The van der Waals surface area contributed by atoms with Crippen LogP contribution in [0.4, 0.5) is 4.39 Å². The van der Waals surface area contributed by atoms with Crippen LogP contribution < -0.4 is 5.32 Å². The van der Waals surface area contributed by atoms with E-state index in [1.165, 1.54) is 11.6 Å². The average molecular weight is 433 g/mol. The van der Waals surface area contributed by atoms with Gasteiger partial charge >= 0.3 is 0 Å². The van der Waals surface area contributed by atoms with Gasteiger partial charge < -0.3 is 14.9 Å². The van der Waals surface area contributed by atoms with E-state index >= 15 is 0 Å². The molecule has 0 radical (unpaired) electrons. The van der Waals surface area contributed by atoms with E-state index in [1.807, 2.05) is 36.4 Å². The van der Waals surface area contributed by atoms with E-state index in [0.29, 0.717) is 17.1 Å². The zero-order valence-corrected chi connectivity index (χ0v) is 17.7. The van der Waals surface area contributed by atoms with Gasteiger partial charge in [0.2, 0.25) is 0 Å². The van der Waals surface area contributed by atoms with Crippen molar-refractivity contribution in [2.45, 2.75) is 19.5 Å². The van der Waals surface area contributed by atoms with Crippen molar-refractivity contribution in [3.05, 3.63) is 101 Å². The Kier molecular flexibility index (Phi) is 5.45. The van der Waals surface area contributed by atoms with Crippen molar-refractivity contribution in [1.29, 1.82) is 0 Å². The Labute approximate surface area is 184 Å². The summed E-state index contributed by atoms with van der Waals surface area (Å²) in [5, 5.41) is 5.12. The summed E-state index contributed by atoms with van der Waals surface area (Å²) < 4.78 is 16.4. The van der Waals surface area contributed by atoms with Crippen molar-refractivity contribution in [3.63, 3.8) is 0 Å². The highest BCUT2D eigenvalue weighted by Crippen LogP contribution is 2.26. The number of nitrogens with zero attached hydrogens (tertiary/aromatic N) is 2. The van der Waals surface area contributed by atoms with Crippen LogP contribution in [-0.4, -0.2) is 21.1 Å². The lowest BCUT2D eigenvalue weighted by Gasteiger charge is -2.08. The number of benzene rings is 3. The Morgan fingerprint density at radius 3 is 2.71 bits per heavy atom. The van der Waals surface area contributed by atoms with E-state index < -0.39 is 0 Å². The van der Waals surface area contributed by atoms with Crippen molar-refractivity contribution in [2.24, 2.45) is 0 Å². The number of nitrogens with one attached hydrogen (secondary N) is 2. The molecule has 0 amide bonds. The topological polar surface area (TPSA) is 45.6 Å². The van der Waals surface area contributed by atoms with Gasteiger partial charge in [0.15, 0.2) is 0 Å². The van der Waals surface area contributed by atoms with Crippen LogP contribution in [0.25, 0.3) is 21.9 Å². The lowest BCUT2D eigenvalue weighted by atomic mass is 10.2. The minimum atomic E-state index is -0.282. The number of imidazole rings is 1.